The monoisotopic (exact) mass is 425 g/mol. The number of carbonyl (C=O) groups is 1. The van der Waals surface area contributed by atoms with Crippen LogP contribution in [0.1, 0.15) is 34.8 Å². The zero-order chi connectivity index (χ0) is 22.3. The third kappa shape index (κ3) is 5.06. The van der Waals surface area contributed by atoms with Gasteiger partial charge in [0.05, 0.1) is 18.0 Å². The van der Waals surface area contributed by atoms with Gasteiger partial charge in [-0.1, -0.05) is 42.8 Å². The number of aryl methyl sites for hydroxylation is 1. The van der Waals surface area contributed by atoms with Gasteiger partial charge in [0.15, 0.2) is 0 Å². The number of rotatable bonds is 8. The first kappa shape index (κ1) is 21.4. The normalized spacial score (nSPS) is 10.7. The van der Waals surface area contributed by atoms with E-state index in [2.05, 4.69) is 12.2 Å². The number of carbonyl (C=O) groups excluding carboxylic acids is 1. The highest BCUT2D eigenvalue weighted by atomic mass is 16.5. The van der Waals surface area contributed by atoms with Gasteiger partial charge in [0.1, 0.15) is 5.75 Å². The van der Waals surface area contributed by atoms with E-state index in [0.29, 0.717) is 18.7 Å². The fourth-order valence-corrected chi connectivity index (χ4v) is 3.41. The third-order valence-electron chi connectivity index (χ3n) is 5.16. The van der Waals surface area contributed by atoms with Gasteiger partial charge in [-0.2, -0.15) is 5.10 Å². The summed E-state index contributed by atoms with van der Waals surface area (Å²) in [5, 5.41) is 7.86. The van der Waals surface area contributed by atoms with Crippen molar-refractivity contribution in [1.29, 1.82) is 0 Å². The highest BCUT2D eigenvalue weighted by Gasteiger charge is 2.14. The first-order chi connectivity index (χ1) is 15.6. The van der Waals surface area contributed by atoms with E-state index in [1.807, 2.05) is 96.7 Å². The summed E-state index contributed by atoms with van der Waals surface area (Å²) >= 11 is 0. The van der Waals surface area contributed by atoms with Crippen molar-refractivity contribution in [3.05, 3.63) is 102 Å². The number of para-hydroxylation sites is 1. The molecule has 32 heavy (non-hydrogen) atoms. The molecular formula is C27H27N3O2. The highest BCUT2D eigenvalue weighted by Crippen LogP contribution is 2.26. The molecule has 0 aliphatic carbocycles. The fraction of sp³-hybridized carbons (Fsp3) is 0.185. The van der Waals surface area contributed by atoms with Crippen molar-refractivity contribution in [2.45, 2.75) is 26.8 Å². The SMILES string of the molecule is CCCOc1ccc(-c2nn(-c3ccccc3)cc2CNC(=O)c2ccc(C)cc2)cc1. The number of hydrogen-bond donors (Lipinski definition) is 1. The van der Waals surface area contributed by atoms with E-state index in [-0.39, 0.29) is 5.91 Å². The Balaban J connectivity index is 1.60. The summed E-state index contributed by atoms with van der Waals surface area (Å²) in [6.45, 7) is 5.16. The molecule has 1 aromatic heterocycles. The molecule has 0 saturated carbocycles. The van der Waals surface area contributed by atoms with Gasteiger partial charge in [0, 0.05) is 29.4 Å². The number of aromatic nitrogens is 2. The average Bonchev–Trinajstić information content (AvgIpc) is 3.27. The second-order valence-electron chi connectivity index (χ2n) is 7.70. The Bertz CT molecular complexity index is 1160. The molecule has 4 rings (SSSR count). The zero-order valence-corrected chi connectivity index (χ0v) is 18.4. The first-order valence-electron chi connectivity index (χ1n) is 10.9. The molecule has 0 aliphatic rings. The molecule has 0 aliphatic heterocycles. The second-order valence-corrected chi connectivity index (χ2v) is 7.70. The van der Waals surface area contributed by atoms with Crippen molar-refractivity contribution >= 4 is 5.91 Å². The fourth-order valence-electron chi connectivity index (χ4n) is 3.41. The number of amides is 1. The van der Waals surface area contributed by atoms with E-state index >= 15 is 0 Å². The lowest BCUT2D eigenvalue weighted by Crippen LogP contribution is -2.22. The summed E-state index contributed by atoms with van der Waals surface area (Å²) in [6, 6.07) is 25.5. The minimum atomic E-state index is -0.105. The van der Waals surface area contributed by atoms with Crippen molar-refractivity contribution in [3.8, 4) is 22.7 Å². The molecule has 1 N–H and O–H groups in total. The molecular weight excluding hydrogens is 398 g/mol. The molecule has 0 unspecified atom stereocenters. The van der Waals surface area contributed by atoms with Crippen LogP contribution in [0.15, 0.2) is 85.1 Å². The third-order valence-corrected chi connectivity index (χ3v) is 5.16. The largest absolute Gasteiger partial charge is 0.494 e. The Morgan fingerprint density at radius 1 is 0.969 bits per heavy atom. The van der Waals surface area contributed by atoms with Crippen LogP contribution in [0.25, 0.3) is 16.9 Å². The van der Waals surface area contributed by atoms with Crippen LogP contribution in [0.5, 0.6) is 5.75 Å². The van der Waals surface area contributed by atoms with Crippen LogP contribution in [0.3, 0.4) is 0 Å². The van der Waals surface area contributed by atoms with E-state index in [1.54, 1.807) is 0 Å². The first-order valence-corrected chi connectivity index (χ1v) is 10.9. The van der Waals surface area contributed by atoms with Crippen LogP contribution in [0.4, 0.5) is 0 Å². The van der Waals surface area contributed by atoms with Crippen LogP contribution < -0.4 is 10.1 Å². The number of nitrogens with zero attached hydrogens (tertiary/aromatic N) is 2. The summed E-state index contributed by atoms with van der Waals surface area (Å²) in [7, 11) is 0. The summed E-state index contributed by atoms with van der Waals surface area (Å²) in [5.41, 5.74) is 5.48. The predicted octanol–water partition coefficient (Wildman–Crippen LogP) is 5.57. The molecule has 0 bridgehead atoms. The summed E-state index contributed by atoms with van der Waals surface area (Å²) in [5.74, 6) is 0.735. The number of benzene rings is 3. The van der Waals surface area contributed by atoms with Crippen LogP contribution in [-0.4, -0.2) is 22.3 Å². The zero-order valence-electron chi connectivity index (χ0n) is 18.4. The predicted molar refractivity (Wildman–Crippen MR) is 127 cm³/mol. The Kier molecular flexibility index (Phi) is 6.66. The van der Waals surface area contributed by atoms with Crippen molar-refractivity contribution in [1.82, 2.24) is 15.1 Å². The van der Waals surface area contributed by atoms with E-state index in [0.717, 1.165) is 40.2 Å². The van der Waals surface area contributed by atoms with Crippen LogP contribution in [0.2, 0.25) is 0 Å². The van der Waals surface area contributed by atoms with E-state index in [1.165, 1.54) is 0 Å². The van der Waals surface area contributed by atoms with Gasteiger partial charge in [-0.15, -0.1) is 0 Å². The van der Waals surface area contributed by atoms with Gasteiger partial charge in [-0.05, 0) is 61.9 Å². The number of hydrogen-bond acceptors (Lipinski definition) is 3. The van der Waals surface area contributed by atoms with Crippen LogP contribution in [-0.2, 0) is 6.54 Å². The van der Waals surface area contributed by atoms with Gasteiger partial charge in [-0.25, -0.2) is 4.68 Å². The minimum Gasteiger partial charge on any atom is -0.494 e. The molecule has 0 saturated heterocycles. The molecule has 1 amide bonds. The van der Waals surface area contributed by atoms with E-state index in [4.69, 9.17) is 9.84 Å². The molecule has 0 spiro atoms. The lowest BCUT2D eigenvalue weighted by molar-refractivity contribution is 0.0951. The summed E-state index contributed by atoms with van der Waals surface area (Å²) in [4.78, 5) is 12.6. The summed E-state index contributed by atoms with van der Waals surface area (Å²) < 4.78 is 7.56. The molecule has 5 nitrogen and oxygen atoms in total. The maximum Gasteiger partial charge on any atom is 0.251 e. The molecule has 4 aromatic rings. The molecule has 0 atom stereocenters. The molecule has 1 heterocycles. The Morgan fingerprint density at radius 2 is 1.69 bits per heavy atom. The van der Waals surface area contributed by atoms with Gasteiger partial charge < -0.3 is 10.1 Å². The highest BCUT2D eigenvalue weighted by molar-refractivity contribution is 5.94. The standard InChI is InChI=1S/C27H27N3O2/c1-3-17-32-25-15-13-21(14-16-25)26-23(19-30(29-26)24-7-5-4-6-8-24)18-28-27(31)22-11-9-20(2)10-12-22/h4-16,19H,3,17-18H2,1-2H3,(H,28,31). The Morgan fingerprint density at radius 3 is 2.38 bits per heavy atom. The van der Waals surface area contributed by atoms with E-state index in [9.17, 15) is 4.79 Å². The van der Waals surface area contributed by atoms with Gasteiger partial charge in [-0.3, -0.25) is 4.79 Å². The van der Waals surface area contributed by atoms with E-state index < -0.39 is 0 Å². The topological polar surface area (TPSA) is 56.1 Å². The Labute approximate surface area is 188 Å². The molecule has 0 fully saturated rings. The number of ether oxygens (including phenoxy) is 1. The number of nitrogens with one attached hydrogen (secondary N) is 1. The quantitative estimate of drug-likeness (QED) is 0.402. The Hall–Kier alpha value is -3.86. The van der Waals surface area contributed by atoms with Crippen molar-refractivity contribution in [2.75, 3.05) is 6.61 Å². The van der Waals surface area contributed by atoms with Gasteiger partial charge >= 0.3 is 0 Å². The maximum absolute atomic E-state index is 12.6. The smallest absolute Gasteiger partial charge is 0.251 e. The molecule has 162 valence electrons. The second kappa shape index (κ2) is 9.96. The average molecular weight is 426 g/mol. The van der Waals surface area contributed by atoms with Crippen LogP contribution >= 0.6 is 0 Å². The van der Waals surface area contributed by atoms with Gasteiger partial charge in [0.2, 0.25) is 0 Å². The molecule has 3 aromatic carbocycles. The van der Waals surface area contributed by atoms with Crippen LogP contribution in [0, 0.1) is 6.92 Å². The van der Waals surface area contributed by atoms with Crippen molar-refractivity contribution < 1.29 is 9.53 Å². The molecule has 0 radical (unpaired) electrons. The molecule has 5 heteroatoms. The summed E-state index contributed by atoms with van der Waals surface area (Å²) in [6.07, 6.45) is 2.94. The maximum atomic E-state index is 12.6. The van der Waals surface area contributed by atoms with Crippen molar-refractivity contribution in [3.63, 3.8) is 0 Å². The lowest BCUT2D eigenvalue weighted by Gasteiger charge is -2.08. The van der Waals surface area contributed by atoms with Gasteiger partial charge in [0.25, 0.3) is 5.91 Å². The minimum absolute atomic E-state index is 0.105. The lowest BCUT2D eigenvalue weighted by atomic mass is 10.1. The van der Waals surface area contributed by atoms with Crippen molar-refractivity contribution in [2.24, 2.45) is 0 Å².